The normalized spacial score (nSPS) is 14.5. The number of rotatable bonds is 5. The van der Waals surface area contributed by atoms with Crippen molar-refractivity contribution in [3.8, 4) is 11.1 Å². The van der Waals surface area contributed by atoms with Gasteiger partial charge in [-0.25, -0.2) is 4.98 Å². The number of aromatic nitrogens is 4. The highest BCUT2D eigenvalue weighted by Gasteiger charge is 2.24. The Morgan fingerprint density at radius 1 is 1.17 bits per heavy atom. The van der Waals surface area contributed by atoms with Crippen molar-refractivity contribution in [2.45, 2.75) is 20.4 Å². The van der Waals surface area contributed by atoms with E-state index in [1.165, 1.54) is 0 Å². The van der Waals surface area contributed by atoms with E-state index in [9.17, 15) is 9.59 Å². The first kappa shape index (κ1) is 22.7. The summed E-state index contributed by atoms with van der Waals surface area (Å²) in [6, 6.07) is 5.75. The molecule has 1 saturated heterocycles. The number of pyridine rings is 1. The number of piperazine rings is 1. The number of benzene rings is 1. The molecular weight excluding hydrogens is 440 g/mol. The summed E-state index contributed by atoms with van der Waals surface area (Å²) < 4.78 is 3.62. The number of nitrogens with one attached hydrogen (secondary N) is 1. The highest BCUT2D eigenvalue weighted by Crippen LogP contribution is 2.33. The fraction of sp³-hybridized carbons (Fsp3) is 0.296. The van der Waals surface area contributed by atoms with Crippen LogP contribution in [0.1, 0.15) is 24.2 Å². The first-order valence-electron chi connectivity index (χ1n) is 11.9. The van der Waals surface area contributed by atoms with Gasteiger partial charge < -0.3 is 23.9 Å². The van der Waals surface area contributed by atoms with Crippen molar-refractivity contribution >= 4 is 27.8 Å². The van der Waals surface area contributed by atoms with E-state index in [2.05, 4.69) is 21.4 Å². The number of aromatic amines is 1. The van der Waals surface area contributed by atoms with E-state index in [4.69, 9.17) is 0 Å². The van der Waals surface area contributed by atoms with Crippen LogP contribution < -0.4 is 5.56 Å². The number of fused-ring (bicyclic) bond motifs is 2. The predicted octanol–water partition coefficient (Wildman–Crippen LogP) is 3.75. The molecule has 0 aliphatic carbocycles. The van der Waals surface area contributed by atoms with Crippen molar-refractivity contribution in [2.75, 3.05) is 26.2 Å². The van der Waals surface area contributed by atoms with Crippen LogP contribution >= 0.6 is 0 Å². The summed E-state index contributed by atoms with van der Waals surface area (Å²) in [4.78, 5) is 38.5. The number of nitrogens with zero attached hydrogens (tertiary/aromatic N) is 5. The first-order chi connectivity index (χ1) is 16.9. The molecule has 1 amide bonds. The van der Waals surface area contributed by atoms with Gasteiger partial charge in [0.25, 0.3) is 11.5 Å². The van der Waals surface area contributed by atoms with Gasteiger partial charge in [-0.3, -0.25) is 9.59 Å². The minimum atomic E-state index is -0.0771. The number of hydrogen-bond donors (Lipinski definition) is 1. The third-order valence-electron chi connectivity index (χ3n) is 6.81. The Morgan fingerprint density at radius 2 is 1.91 bits per heavy atom. The molecule has 0 spiro atoms. The molecule has 1 N–H and O–H groups in total. The van der Waals surface area contributed by atoms with Crippen LogP contribution in [0.15, 0.2) is 66.1 Å². The molecule has 1 aromatic carbocycles. The van der Waals surface area contributed by atoms with Crippen molar-refractivity contribution < 1.29 is 4.79 Å². The maximum Gasteiger partial charge on any atom is 0.275 e. The number of carbonyl (C=O) groups is 1. The molecule has 1 aliphatic heterocycles. The zero-order valence-corrected chi connectivity index (χ0v) is 20.4. The van der Waals surface area contributed by atoms with E-state index in [1.807, 2.05) is 66.9 Å². The average molecular weight is 471 g/mol. The highest BCUT2D eigenvalue weighted by atomic mass is 16.2. The second-order valence-corrected chi connectivity index (χ2v) is 9.10. The lowest BCUT2D eigenvalue weighted by atomic mass is 9.99. The molecule has 3 aromatic heterocycles. The summed E-state index contributed by atoms with van der Waals surface area (Å²) in [6.07, 6.45) is 9.29. The number of carbonyl (C=O) groups excluding carboxylic acids is 1. The third-order valence-corrected chi connectivity index (χ3v) is 6.81. The quantitative estimate of drug-likeness (QED) is 0.451. The summed E-state index contributed by atoms with van der Waals surface area (Å²) in [5.74, 6) is 0.00302. The van der Waals surface area contributed by atoms with Gasteiger partial charge in [-0.05, 0) is 32.0 Å². The number of H-pyrrole nitrogens is 1. The van der Waals surface area contributed by atoms with Gasteiger partial charge >= 0.3 is 0 Å². The van der Waals surface area contributed by atoms with Crippen LogP contribution in [0.4, 0.5) is 0 Å². The van der Waals surface area contributed by atoms with Crippen LogP contribution in [0, 0.1) is 0 Å². The maximum atomic E-state index is 13.6. The summed E-state index contributed by atoms with van der Waals surface area (Å²) in [5.41, 5.74) is 5.50. The second-order valence-electron chi connectivity index (χ2n) is 9.10. The van der Waals surface area contributed by atoms with Crippen LogP contribution in [0.3, 0.4) is 0 Å². The number of amides is 1. The second kappa shape index (κ2) is 8.94. The maximum absolute atomic E-state index is 13.6. The molecule has 0 bridgehead atoms. The van der Waals surface area contributed by atoms with E-state index in [0.29, 0.717) is 30.7 Å². The van der Waals surface area contributed by atoms with Crippen LogP contribution in [0.5, 0.6) is 0 Å². The molecule has 35 heavy (non-hydrogen) atoms. The van der Waals surface area contributed by atoms with E-state index in [-0.39, 0.29) is 11.5 Å². The minimum absolute atomic E-state index is 0.00302. The van der Waals surface area contributed by atoms with Crippen LogP contribution in [0.25, 0.3) is 33.1 Å². The van der Waals surface area contributed by atoms with Crippen molar-refractivity contribution in [3.63, 3.8) is 0 Å². The predicted molar refractivity (Wildman–Crippen MR) is 139 cm³/mol. The zero-order valence-electron chi connectivity index (χ0n) is 20.4. The average Bonchev–Trinajstić information content (AvgIpc) is 3.50. The Kier molecular flexibility index (Phi) is 5.80. The Balaban J connectivity index is 1.64. The van der Waals surface area contributed by atoms with Crippen molar-refractivity contribution in [3.05, 3.63) is 77.3 Å². The number of aryl methyl sites for hydroxylation is 1. The van der Waals surface area contributed by atoms with E-state index >= 15 is 0 Å². The van der Waals surface area contributed by atoms with Crippen molar-refractivity contribution in [2.24, 2.45) is 7.05 Å². The van der Waals surface area contributed by atoms with Crippen LogP contribution in [0.2, 0.25) is 0 Å². The monoisotopic (exact) mass is 470 g/mol. The molecule has 8 heteroatoms. The fourth-order valence-corrected chi connectivity index (χ4v) is 4.80. The third kappa shape index (κ3) is 3.95. The van der Waals surface area contributed by atoms with Crippen molar-refractivity contribution in [1.82, 2.24) is 28.9 Å². The van der Waals surface area contributed by atoms with Crippen molar-refractivity contribution in [1.29, 1.82) is 0 Å². The number of hydrogen-bond acceptors (Lipinski definition) is 4. The smallest absolute Gasteiger partial charge is 0.275 e. The Bertz CT molecular complexity index is 1530. The molecule has 4 heterocycles. The Hall–Kier alpha value is -4.07. The number of imidazole rings is 1. The van der Waals surface area contributed by atoms with Gasteiger partial charge in [0, 0.05) is 79.9 Å². The molecular formula is C27H30N6O2. The van der Waals surface area contributed by atoms with Crippen LogP contribution in [-0.2, 0) is 13.6 Å². The molecule has 0 saturated carbocycles. The van der Waals surface area contributed by atoms with Gasteiger partial charge in [-0.1, -0.05) is 18.7 Å². The first-order valence-corrected chi connectivity index (χ1v) is 11.9. The van der Waals surface area contributed by atoms with E-state index in [1.54, 1.807) is 17.1 Å². The summed E-state index contributed by atoms with van der Waals surface area (Å²) in [5, 5.41) is 0.818. The van der Waals surface area contributed by atoms with Crippen LogP contribution in [-0.4, -0.2) is 61.0 Å². The van der Waals surface area contributed by atoms with Gasteiger partial charge in [-0.15, -0.1) is 0 Å². The van der Waals surface area contributed by atoms with E-state index in [0.717, 1.165) is 46.3 Å². The lowest BCUT2D eigenvalue weighted by Crippen LogP contribution is -2.47. The minimum Gasteiger partial charge on any atom is -0.372 e. The molecule has 4 aromatic rings. The van der Waals surface area contributed by atoms with E-state index < -0.39 is 0 Å². The largest absolute Gasteiger partial charge is 0.372 e. The highest BCUT2D eigenvalue weighted by molar-refractivity contribution is 6.06. The van der Waals surface area contributed by atoms with Gasteiger partial charge in [0.05, 0.1) is 17.4 Å². The Labute approximate surface area is 203 Å². The summed E-state index contributed by atoms with van der Waals surface area (Å²) >= 11 is 0. The van der Waals surface area contributed by atoms with Gasteiger partial charge in [0.15, 0.2) is 0 Å². The molecule has 5 rings (SSSR count). The SMILES string of the molecule is C=C(C)N1CCN(C(=O)c2cc(-c3cn(C/C=C/C)c(=O)c4[nH]ccc34)c3ncn(C)c3c2)CC1. The topological polar surface area (TPSA) is 79.2 Å². The molecule has 8 nitrogen and oxygen atoms in total. The molecule has 0 atom stereocenters. The lowest BCUT2D eigenvalue weighted by molar-refractivity contribution is 0.0670. The molecule has 1 fully saturated rings. The molecule has 0 radical (unpaired) electrons. The van der Waals surface area contributed by atoms with Gasteiger partial charge in [0.2, 0.25) is 0 Å². The number of allylic oxidation sites excluding steroid dienone is 3. The summed E-state index contributed by atoms with van der Waals surface area (Å²) in [6.45, 7) is 11.3. The standard InChI is InChI=1S/C27H30N6O2/c1-5-6-9-33-16-22(20-7-8-28-25(20)27(33)35)21-14-19(15-23-24(21)29-17-30(23)4)26(34)32-12-10-31(11-13-32)18(2)3/h5-8,14-17,28H,2,9-13H2,1,3-4H3/b6-5+. The zero-order chi connectivity index (χ0) is 24.7. The molecule has 180 valence electrons. The summed E-state index contributed by atoms with van der Waals surface area (Å²) in [7, 11) is 1.93. The molecule has 0 unspecified atom stereocenters. The van der Waals surface area contributed by atoms with Gasteiger partial charge in [-0.2, -0.15) is 0 Å². The molecule has 1 aliphatic rings. The van der Waals surface area contributed by atoms with Gasteiger partial charge in [0.1, 0.15) is 5.52 Å². The lowest BCUT2D eigenvalue weighted by Gasteiger charge is -2.36. The fourth-order valence-electron chi connectivity index (χ4n) is 4.80. The Morgan fingerprint density at radius 3 is 2.63 bits per heavy atom.